The van der Waals surface area contributed by atoms with E-state index in [2.05, 4.69) is 15.0 Å². The summed E-state index contributed by atoms with van der Waals surface area (Å²) in [4.78, 5) is 27.2. The van der Waals surface area contributed by atoms with Crippen LogP contribution in [0.5, 0.6) is 0 Å². The van der Waals surface area contributed by atoms with Gasteiger partial charge in [-0.2, -0.15) is 4.98 Å². The van der Waals surface area contributed by atoms with Crippen LogP contribution in [0.1, 0.15) is 36.9 Å². The van der Waals surface area contributed by atoms with E-state index in [0.717, 1.165) is 49.1 Å². The number of nitrogens with zero attached hydrogens (tertiary/aromatic N) is 4. The van der Waals surface area contributed by atoms with Crippen molar-refractivity contribution in [3.8, 4) is 0 Å². The molecule has 1 aromatic heterocycles. The summed E-state index contributed by atoms with van der Waals surface area (Å²) in [7, 11) is 1.59. The number of aliphatic carboxylic acids is 1. The molecule has 28 heavy (non-hydrogen) atoms. The number of aliphatic imine (C=N–C) groups is 1. The highest BCUT2D eigenvalue weighted by Crippen LogP contribution is 2.35. The van der Waals surface area contributed by atoms with Crippen molar-refractivity contribution in [2.75, 3.05) is 18.6 Å². The third-order valence-electron chi connectivity index (χ3n) is 5.64. The number of aryl methyl sites for hydroxylation is 1. The van der Waals surface area contributed by atoms with Crippen LogP contribution in [-0.4, -0.2) is 52.7 Å². The number of carbonyl (C=O) groups is 1. The molecular weight excluding hydrogens is 360 g/mol. The number of anilines is 1. The molecule has 0 radical (unpaired) electrons. The molecule has 3 aliphatic rings. The highest BCUT2D eigenvalue weighted by molar-refractivity contribution is 5.94. The van der Waals surface area contributed by atoms with Gasteiger partial charge in [-0.25, -0.2) is 14.8 Å². The lowest BCUT2D eigenvalue weighted by atomic mass is 10.2. The second-order valence-electron chi connectivity index (χ2n) is 7.68. The number of carboxylic acids is 1. The lowest BCUT2D eigenvalue weighted by Crippen LogP contribution is -2.37. The Morgan fingerprint density at radius 1 is 1.32 bits per heavy atom. The fourth-order valence-electron chi connectivity index (χ4n) is 3.90. The summed E-state index contributed by atoms with van der Waals surface area (Å²) in [6.45, 7) is 0.430. The Kier molecular flexibility index (Phi) is 4.92. The van der Waals surface area contributed by atoms with Crippen molar-refractivity contribution in [1.29, 1.82) is 0 Å². The summed E-state index contributed by atoms with van der Waals surface area (Å²) in [5, 5.41) is 9.60. The number of aromatic nitrogens is 2. The summed E-state index contributed by atoms with van der Waals surface area (Å²) in [5.74, 6) is 0.702. The van der Waals surface area contributed by atoms with E-state index in [-0.39, 0.29) is 6.10 Å². The SMILES string of the molecule is COC1CC(C(=O)O)N(c2nc3c(c(N=C(N)/C=C(\N)C4CC4)n2)CCC3)C1. The second kappa shape index (κ2) is 7.38. The normalized spacial score (nSPS) is 25.2. The molecule has 2 aliphatic carbocycles. The van der Waals surface area contributed by atoms with Crippen LogP contribution in [0.25, 0.3) is 0 Å². The average Bonchev–Trinajstić information content (AvgIpc) is 3.24. The third-order valence-corrected chi connectivity index (χ3v) is 5.64. The van der Waals surface area contributed by atoms with Gasteiger partial charge in [-0.05, 0) is 44.1 Å². The third kappa shape index (κ3) is 3.66. The Hall–Kier alpha value is -2.68. The average molecular weight is 386 g/mol. The van der Waals surface area contributed by atoms with Crippen LogP contribution in [0.3, 0.4) is 0 Å². The molecule has 0 aromatic carbocycles. The topological polar surface area (TPSA) is 140 Å². The number of amidine groups is 1. The van der Waals surface area contributed by atoms with E-state index in [9.17, 15) is 9.90 Å². The Balaban J connectivity index is 1.69. The zero-order chi connectivity index (χ0) is 19.8. The first-order chi connectivity index (χ1) is 13.5. The van der Waals surface area contributed by atoms with E-state index in [1.165, 1.54) is 0 Å². The Morgan fingerprint density at radius 2 is 2.11 bits per heavy atom. The molecule has 5 N–H and O–H groups in total. The molecule has 2 fully saturated rings. The van der Waals surface area contributed by atoms with Gasteiger partial charge in [-0.15, -0.1) is 0 Å². The summed E-state index contributed by atoms with van der Waals surface area (Å²) in [5.41, 5.74) is 14.8. The fraction of sp³-hybridized carbons (Fsp3) is 0.579. The van der Waals surface area contributed by atoms with Gasteiger partial charge in [0.05, 0.1) is 11.8 Å². The summed E-state index contributed by atoms with van der Waals surface area (Å²) >= 11 is 0. The summed E-state index contributed by atoms with van der Waals surface area (Å²) < 4.78 is 5.37. The van der Waals surface area contributed by atoms with Crippen LogP contribution in [0.2, 0.25) is 0 Å². The van der Waals surface area contributed by atoms with E-state index in [1.807, 2.05) is 0 Å². The van der Waals surface area contributed by atoms with Crippen molar-refractivity contribution in [2.45, 2.75) is 50.7 Å². The van der Waals surface area contributed by atoms with Crippen LogP contribution in [0, 0.1) is 5.92 Å². The number of hydrogen-bond acceptors (Lipinski definition) is 7. The van der Waals surface area contributed by atoms with E-state index in [4.69, 9.17) is 16.2 Å². The largest absolute Gasteiger partial charge is 0.480 e. The maximum Gasteiger partial charge on any atom is 0.326 e. The molecule has 2 heterocycles. The highest BCUT2D eigenvalue weighted by atomic mass is 16.5. The van der Waals surface area contributed by atoms with Crippen molar-refractivity contribution in [3.63, 3.8) is 0 Å². The van der Waals surface area contributed by atoms with Gasteiger partial charge >= 0.3 is 5.97 Å². The van der Waals surface area contributed by atoms with Gasteiger partial charge in [0.25, 0.3) is 0 Å². The number of rotatable bonds is 6. The van der Waals surface area contributed by atoms with Crippen LogP contribution in [-0.2, 0) is 22.4 Å². The maximum absolute atomic E-state index is 11.7. The number of allylic oxidation sites excluding steroid dienone is 1. The minimum atomic E-state index is -0.909. The van der Waals surface area contributed by atoms with Crippen molar-refractivity contribution in [3.05, 3.63) is 23.0 Å². The van der Waals surface area contributed by atoms with Crippen molar-refractivity contribution in [2.24, 2.45) is 22.4 Å². The lowest BCUT2D eigenvalue weighted by Gasteiger charge is -2.22. The Bertz CT molecular complexity index is 848. The monoisotopic (exact) mass is 386 g/mol. The van der Waals surface area contributed by atoms with Crippen molar-refractivity contribution < 1.29 is 14.6 Å². The molecule has 2 unspecified atom stereocenters. The molecule has 1 saturated heterocycles. The minimum absolute atomic E-state index is 0.170. The second-order valence-corrected chi connectivity index (χ2v) is 7.68. The number of hydrogen-bond donors (Lipinski definition) is 3. The van der Waals surface area contributed by atoms with Crippen LogP contribution >= 0.6 is 0 Å². The first-order valence-electron chi connectivity index (χ1n) is 9.69. The number of methoxy groups -OCH3 is 1. The molecule has 1 aromatic rings. The molecule has 0 bridgehead atoms. The van der Waals surface area contributed by atoms with E-state index < -0.39 is 12.0 Å². The molecule has 9 heteroatoms. The molecule has 2 atom stereocenters. The van der Waals surface area contributed by atoms with Gasteiger partial charge in [-0.3, -0.25) is 0 Å². The molecule has 0 spiro atoms. The number of nitrogens with two attached hydrogens (primary N) is 2. The number of carboxylic acid groups (broad SMARTS) is 1. The zero-order valence-corrected chi connectivity index (χ0v) is 16.0. The fourth-order valence-corrected chi connectivity index (χ4v) is 3.90. The summed E-state index contributed by atoms with van der Waals surface area (Å²) in [6, 6.07) is -0.719. The summed E-state index contributed by atoms with van der Waals surface area (Å²) in [6.07, 6.45) is 6.75. The predicted molar refractivity (Wildman–Crippen MR) is 105 cm³/mol. The highest BCUT2D eigenvalue weighted by Gasteiger charge is 2.39. The molecule has 9 nitrogen and oxygen atoms in total. The zero-order valence-electron chi connectivity index (χ0n) is 16.0. The van der Waals surface area contributed by atoms with Crippen LogP contribution in [0.15, 0.2) is 16.8 Å². The Labute approximate surface area is 163 Å². The van der Waals surface area contributed by atoms with Crippen molar-refractivity contribution in [1.82, 2.24) is 9.97 Å². The van der Waals surface area contributed by atoms with Gasteiger partial charge < -0.3 is 26.2 Å². The van der Waals surface area contributed by atoms with Crippen molar-refractivity contribution >= 4 is 23.6 Å². The van der Waals surface area contributed by atoms with E-state index in [1.54, 1.807) is 18.1 Å². The van der Waals surface area contributed by atoms with Gasteiger partial charge in [0.15, 0.2) is 5.82 Å². The van der Waals surface area contributed by atoms with Crippen LogP contribution in [0.4, 0.5) is 11.8 Å². The van der Waals surface area contributed by atoms with E-state index >= 15 is 0 Å². The maximum atomic E-state index is 11.7. The quantitative estimate of drug-likeness (QED) is 0.483. The smallest absolute Gasteiger partial charge is 0.326 e. The standard InChI is InChI=1S/C19H26N6O3/c1-28-11-7-15(18(26)27)25(9-11)19-22-14-4-2-3-12(14)17(24-19)23-16(21)8-13(20)10-5-6-10/h8,10-11,15H,2-7,9,20H2,1H3,(H,26,27)(H2,21,22,23,24)/b13-8-. The molecule has 1 saturated carbocycles. The lowest BCUT2D eigenvalue weighted by molar-refractivity contribution is -0.138. The first kappa shape index (κ1) is 18.7. The van der Waals surface area contributed by atoms with Gasteiger partial charge in [0, 0.05) is 31.3 Å². The molecule has 4 rings (SSSR count). The van der Waals surface area contributed by atoms with Gasteiger partial charge in [-0.1, -0.05) is 0 Å². The van der Waals surface area contributed by atoms with E-state index in [0.29, 0.717) is 36.5 Å². The molecule has 150 valence electrons. The van der Waals surface area contributed by atoms with Gasteiger partial charge in [0.1, 0.15) is 11.9 Å². The predicted octanol–water partition coefficient (Wildman–Crippen LogP) is 0.885. The Morgan fingerprint density at radius 3 is 2.79 bits per heavy atom. The number of ether oxygens (including phenoxy) is 1. The first-order valence-corrected chi connectivity index (χ1v) is 9.69. The molecule has 1 aliphatic heterocycles. The van der Waals surface area contributed by atoms with Gasteiger partial charge in [0.2, 0.25) is 5.95 Å². The van der Waals surface area contributed by atoms with Crippen LogP contribution < -0.4 is 16.4 Å². The molecular formula is C19H26N6O3. The minimum Gasteiger partial charge on any atom is -0.480 e. The molecule has 0 amide bonds. The number of fused-ring (bicyclic) bond motifs is 1.